The predicted octanol–water partition coefficient (Wildman–Crippen LogP) is 6.11. The molecule has 0 radical (unpaired) electrons. The molecular formula is C26H30O2. The van der Waals surface area contributed by atoms with Gasteiger partial charge in [0.1, 0.15) is 12.4 Å². The smallest absolute Gasteiger partial charge is 0.120 e. The molecule has 0 unspecified atom stereocenters. The molecule has 0 amide bonds. The predicted molar refractivity (Wildman–Crippen MR) is 117 cm³/mol. The molecule has 3 aromatic rings. The highest BCUT2D eigenvalue weighted by Gasteiger charge is 2.10. The first-order chi connectivity index (χ1) is 13.7. The van der Waals surface area contributed by atoms with Crippen molar-refractivity contribution >= 4 is 0 Å². The number of ether oxygens (including phenoxy) is 1. The molecule has 0 saturated carbocycles. The minimum Gasteiger partial charge on any atom is -0.489 e. The summed E-state index contributed by atoms with van der Waals surface area (Å²) in [7, 11) is 0. The molecule has 3 aromatic carbocycles. The summed E-state index contributed by atoms with van der Waals surface area (Å²) in [5, 5.41) is 9.42. The first kappa shape index (κ1) is 20.2. The average Bonchev–Trinajstić information content (AvgIpc) is 2.77. The Morgan fingerprint density at radius 3 is 1.82 bits per heavy atom. The molecule has 0 fully saturated rings. The van der Waals surface area contributed by atoms with Gasteiger partial charge in [-0.3, -0.25) is 0 Å². The van der Waals surface area contributed by atoms with Crippen LogP contribution >= 0.6 is 0 Å². The third-order valence-corrected chi connectivity index (χ3v) is 5.32. The van der Waals surface area contributed by atoms with E-state index in [2.05, 4.69) is 75.4 Å². The van der Waals surface area contributed by atoms with Crippen LogP contribution in [-0.2, 0) is 32.5 Å². The van der Waals surface area contributed by atoms with Crippen molar-refractivity contribution in [3.05, 3.63) is 88.5 Å². The van der Waals surface area contributed by atoms with Crippen LogP contribution < -0.4 is 4.74 Å². The molecule has 0 atom stereocenters. The Morgan fingerprint density at radius 1 is 0.643 bits per heavy atom. The van der Waals surface area contributed by atoms with Crippen molar-refractivity contribution in [2.75, 3.05) is 0 Å². The maximum Gasteiger partial charge on any atom is 0.120 e. The zero-order valence-corrected chi connectivity index (χ0v) is 17.2. The minimum absolute atomic E-state index is 0.0833. The molecule has 0 bridgehead atoms. The molecular weight excluding hydrogens is 344 g/mol. The van der Waals surface area contributed by atoms with Crippen LogP contribution in [0.5, 0.6) is 5.75 Å². The summed E-state index contributed by atoms with van der Waals surface area (Å²) in [5.74, 6) is 0.908. The number of aliphatic hydroxyl groups is 1. The summed E-state index contributed by atoms with van der Waals surface area (Å²) < 4.78 is 6.06. The fourth-order valence-electron chi connectivity index (χ4n) is 3.55. The molecule has 1 N–H and O–H groups in total. The van der Waals surface area contributed by atoms with Crippen molar-refractivity contribution in [2.45, 2.75) is 53.2 Å². The number of rotatable bonds is 8. The standard InChI is InChI=1S/C26H30O2/c1-4-19-7-9-20(10-8-19)18-28-24-12-14-26(23(6-3)16-24)25-13-11-21(17-27)15-22(25)5-2/h7-16,27H,4-6,17-18H2,1-3H3. The quantitative estimate of drug-likeness (QED) is 0.515. The molecule has 0 aliphatic heterocycles. The van der Waals surface area contributed by atoms with Gasteiger partial charge in [0.2, 0.25) is 0 Å². The lowest BCUT2D eigenvalue weighted by Crippen LogP contribution is -1.98. The third kappa shape index (κ3) is 4.63. The number of aliphatic hydroxyl groups excluding tert-OH is 1. The van der Waals surface area contributed by atoms with Crippen LogP contribution in [-0.4, -0.2) is 5.11 Å². The van der Waals surface area contributed by atoms with E-state index in [-0.39, 0.29) is 6.61 Å². The molecule has 0 aliphatic rings. The lowest BCUT2D eigenvalue weighted by molar-refractivity contribution is 0.282. The van der Waals surface area contributed by atoms with E-state index in [0.29, 0.717) is 6.61 Å². The van der Waals surface area contributed by atoms with Crippen molar-refractivity contribution in [3.8, 4) is 16.9 Å². The molecule has 146 valence electrons. The van der Waals surface area contributed by atoms with Crippen molar-refractivity contribution in [1.82, 2.24) is 0 Å². The van der Waals surface area contributed by atoms with Crippen LogP contribution in [0.25, 0.3) is 11.1 Å². The lowest BCUT2D eigenvalue weighted by Gasteiger charge is -2.15. The van der Waals surface area contributed by atoms with Gasteiger partial charge in [-0.1, -0.05) is 69.3 Å². The van der Waals surface area contributed by atoms with Gasteiger partial charge in [0, 0.05) is 0 Å². The number of hydrogen-bond acceptors (Lipinski definition) is 2. The summed E-state index contributed by atoms with van der Waals surface area (Å²) in [4.78, 5) is 0. The van der Waals surface area contributed by atoms with Gasteiger partial charge in [0.25, 0.3) is 0 Å². The second-order valence-corrected chi connectivity index (χ2v) is 7.13. The Morgan fingerprint density at radius 2 is 1.21 bits per heavy atom. The average molecular weight is 375 g/mol. The lowest BCUT2D eigenvalue weighted by atomic mass is 9.92. The topological polar surface area (TPSA) is 29.5 Å². The zero-order chi connectivity index (χ0) is 19.9. The summed E-state index contributed by atoms with van der Waals surface area (Å²) >= 11 is 0. The number of hydrogen-bond donors (Lipinski definition) is 1. The van der Waals surface area contributed by atoms with E-state index in [0.717, 1.165) is 30.6 Å². The Balaban J connectivity index is 1.82. The molecule has 0 aromatic heterocycles. The minimum atomic E-state index is 0.0833. The van der Waals surface area contributed by atoms with Crippen LogP contribution in [0.15, 0.2) is 60.7 Å². The van der Waals surface area contributed by atoms with Crippen LogP contribution in [0, 0.1) is 0 Å². The van der Waals surface area contributed by atoms with Gasteiger partial charge in [-0.2, -0.15) is 0 Å². The normalized spacial score (nSPS) is 10.9. The fraction of sp³-hybridized carbons (Fsp3) is 0.308. The molecule has 2 heteroatoms. The second-order valence-electron chi connectivity index (χ2n) is 7.13. The molecule has 0 spiro atoms. The molecule has 28 heavy (non-hydrogen) atoms. The Hall–Kier alpha value is -2.58. The van der Waals surface area contributed by atoms with E-state index in [4.69, 9.17) is 4.74 Å². The van der Waals surface area contributed by atoms with Gasteiger partial charge < -0.3 is 9.84 Å². The first-order valence-corrected chi connectivity index (χ1v) is 10.2. The van der Waals surface area contributed by atoms with Crippen molar-refractivity contribution in [3.63, 3.8) is 0 Å². The highest BCUT2D eigenvalue weighted by atomic mass is 16.5. The summed E-state index contributed by atoms with van der Waals surface area (Å²) in [6, 6.07) is 21.3. The van der Waals surface area contributed by atoms with E-state index in [1.165, 1.54) is 33.4 Å². The second kappa shape index (κ2) is 9.57. The van der Waals surface area contributed by atoms with Crippen LogP contribution in [0.4, 0.5) is 0 Å². The SMILES string of the molecule is CCc1ccc(COc2ccc(-c3ccc(CO)cc3CC)c(CC)c2)cc1. The van der Waals surface area contributed by atoms with Crippen LogP contribution in [0.1, 0.15) is 48.6 Å². The summed E-state index contributed by atoms with van der Waals surface area (Å²) in [6.07, 6.45) is 2.95. The van der Waals surface area contributed by atoms with E-state index in [1.54, 1.807) is 0 Å². The molecule has 0 heterocycles. The largest absolute Gasteiger partial charge is 0.489 e. The highest BCUT2D eigenvalue weighted by Crippen LogP contribution is 2.31. The van der Waals surface area contributed by atoms with Crippen LogP contribution in [0.3, 0.4) is 0 Å². The van der Waals surface area contributed by atoms with Gasteiger partial charge >= 0.3 is 0 Å². The van der Waals surface area contributed by atoms with E-state index >= 15 is 0 Å². The van der Waals surface area contributed by atoms with Crippen molar-refractivity contribution < 1.29 is 9.84 Å². The maximum atomic E-state index is 9.42. The summed E-state index contributed by atoms with van der Waals surface area (Å²) in [5.41, 5.74) is 8.55. The Labute approximate surface area is 168 Å². The van der Waals surface area contributed by atoms with Crippen molar-refractivity contribution in [1.29, 1.82) is 0 Å². The monoisotopic (exact) mass is 374 g/mol. The molecule has 0 saturated heterocycles. The van der Waals surface area contributed by atoms with E-state index < -0.39 is 0 Å². The summed E-state index contributed by atoms with van der Waals surface area (Å²) in [6.45, 7) is 7.17. The number of benzene rings is 3. The molecule has 2 nitrogen and oxygen atoms in total. The van der Waals surface area contributed by atoms with Crippen molar-refractivity contribution in [2.24, 2.45) is 0 Å². The van der Waals surface area contributed by atoms with Gasteiger partial charge in [0.15, 0.2) is 0 Å². The van der Waals surface area contributed by atoms with Gasteiger partial charge in [-0.05, 0) is 70.3 Å². The third-order valence-electron chi connectivity index (χ3n) is 5.32. The fourth-order valence-corrected chi connectivity index (χ4v) is 3.55. The van der Waals surface area contributed by atoms with Gasteiger partial charge in [0.05, 0.1) is 6.61 Å². The van der Waals surface area contributed by atoms with Gasteiger partial charge in [-0.25, -0.2) is 0 Å². The zero-order valence-electron chi connectivity index (χ0n) is 17.2. The van der Waals surface area contributed by atoms with E-state index in [9.17, 15) is 5.11 Å². The Kier molecular flexibility index (Phi) is 6.89. The maximum absolute atomic E-state index is 9.42. The van der Waals surface area contributed by atoms with E-state index in [1.807, 2.05) is 6.07 Å². The van der Waals surface area contributed by atoms with Crippen LogP contribution in [0.2, 0.25) is 0 Å². The number of aryl methyl sites for hydroxylation is 3. The highest BCUT2D eigenvalue weighted by molar-refractivity contribution is 5.72. The molecule has 0 aliphatic carbocycles. The Bertz CT molecular complexity index is 910. The molecule has 3 rings (SSSR count). The first-order valence-electron chi connectivity index (χ1n) is 10.2. The van der Waals surface area contributed by atoms with Gasteiger partial charge in [-0.15, -0.1) is 0 Å².